The number of nitrogens with one attached hydrogen (secondary N) is 1. The van der Waals surface area contributed by atoms with Gasteiger partial charge in [0.25, 0.3) is 5.91 Å². The van der Waals surface area contributed by atoms with Crippen molar-refractivity contribution in [3.8, 4) is 11.4 Å². The van der Waals surface area contributed by atoms with E-state index in [2.05, 4.69) is 25.4 Å². The molecule has 1 N–H and O–H groups in total. The van der Waals surface area contributed by atoms with Gasteiger partial charge in [0.15, 0.2) is 5.82 Å². The summed E-state index contributed by atoms with van der Waals surface area (Å²) in [5.41, 5.74) is 2.26. The smallest absolute Gasteiger partial charge is 0.346 e. The first kappa shape index (κ1) is 18.2. The maximum Gasteiger partial charge on any atom is 0.346 e. The molecule has 5 rings (SSSR count). The Morgan fingerprint density at radius 1 is 1.10 bits per heavy atom. The molecule has 0 atom stereocenters. The van der Waals surface area contributed by atoms with Crippen LogP contribution in [0.2, 0.25) is 0 Å². The van der Waals surface area contributed by atoms with Gasteiger partial charge in [-0.25, -0.2) is 14.5 Å². The van der Waals surface area contributed by atoms with Crippen LogP contribution in [0.5, 0.6) is 0 Å². The van der Waals surface area contributed by atoms with E-state index in [9.17, 15) is 9.59 Å². The zero-order chi connectivity index (χ0) is 20.5. The molecule has 1 saturated carbocycles. The Morgan fingerprint density at radius 2 is 1.93 bits per heavy atom. The molecule has 1 fully saturated rings. The fourth-order valence-corrected chi connectivity index (χ4v) is 3.35. The number of aromatic nitrogens is 6. The molecule has 0 radical (unpaired) electrons. The van der Waals surface area contributed by atoms with Crippen LogP contribution < -0.4 is 11.0 Å². The van der Waals surface area contributed by atoms with Crippen molar-refractivity contribution in [2.75, 3.05) is 6.54 Å². The molecule has 9 heteroatoms. The summed E-state index contributed by atoms with van der Waals surface area (Å²) >= 11 is 0. The average molecular weight is 401 g/mol. The van der Waals surface area contributed by atoms with Crippen molar-refractivity contribution in [2.24, 2.45) is 0 Å². The van der Waals surface area contributed by atoms with Crippen LogP contribution in [0.15, 0.2) is 59.8 Å². The van der Waals surface area contributed by atoms with Crippen LogP contribution >= 0.6 is 0 Å². The summed E-state index contributed by atoms with van der Waals surface area (Å²) in [6.07, 6.45) is 6.77. The van der Waals surface area contributed by atoms with Crippen molar-refractivity contribution >= 4 is 16.9 Å². The number of hydrogen-bond acceptors (Lipinski definition) is 6. The van der Waals surface area contributed by atoms with Crippen LogP contribution in [0.3, 0.4) is 0 Å². The highest BCUT2D eigenvalue weighted by Gasteiger charge is 2.30. The lowest BCUT2D eigenvalue weighted by Gasteiger charge is -2.05. The molecule has 1 aliphatic rings. The second-order valence-corrected chi connectivity index (χ2v) is 7.17. The number of benzene rings is 1. The molecular weight excluding hydrogens is 382 g/mol. The highest BCUT2D eigenvalue weighted by atomic mass is 16.2. The number of carbonyl (C=O) groups is 1. The first-order valence-corrected chi connectivity index (χ1v) is 9.80. The molecule has 0 saturated heterocycles. The minimum atomic E-state index is -0.338. The number of carbonyl (C=O) groups excluding carboxylic acids is 1. The number of amides is 1. The molecule has 30 heavy (non-hydrogen) atoms. The zero-order valence-corrected chi connectivity index (χ0v) is 16.1. The Morgan fingerprint density at radius 3 is 2.70 bits per heavy atom. The maximum atomic E-state index is 12.8. The van der Waals surface area contributed by atoms with Gasteiger partial charge in [-0.2, -0.15) is 0 Å². The van der Waals surface area contributed by atoms with Crippen LogP contribution in [0.4, 0.5) is 0 Å². The Hall–Kier alpha value is -3.88. The molecule has 1 aromatic carbocycles. The highest BCUT2D eigenvalue weighted by Crippen LogP contribution is 2.36. The topological polar surface area (TPSA) is 108 Å². The van der Waals surface area contributed by atoms with E-state index in [1.165, 1.54) is 10.9 Å². The van der Waals surface area contributed by atoms with E-state index in [-0.39, 0.29) is 36.4 Å². The summed E-state index contributed by atoms with van der Waals surface area (Å²) in [6, 6.07) is 11.3. The van der Waals surface area contributed by atoms with Crippen molar-refractivity contribution in [1.29, 1.82) is 0 Å². The van der Waals surface area contributed by atoms with Gasteiger partial charge in [-0.15, -0.1) is 5.10 Å². The van der Waals surface area contributed by atoms with E-state index in [0.29, 0.717) is 11.3 Å². The van der Waals surface area contributed by atoms with Crippen LogP contribution in [-0.2, 0) is 6.54 Å². The molecule has 1 aliphatic carbocycles. The van der Waals surface area contributed by atoms with Crippen LogP contribution in [0, 0.1) is 0 Å². The number of hydrogen-bond donors (Lipinski definition) is 1. The van der Waals surface area contributed by atoms with Crippen molar-refractivity contribution in [3.05, 3.63) is 71.2 Å². The van der Waals surface area contributed by atoms with E-state index in [1.807, 2.05) is 36.4 Å². The van der Waals surface area contributed by atoms with Gasteiger partial charge in [-0.1, -0.05) is 12.1 Å². The molecule has 4 aromatic rings. The summed E-state index contributed by atoms with van der Waals surface area (Å²) in [4.78, 5) is 38.0. The lowest BCUT2D eigenvalue weighted by molar-refractivity contribution is 0.0947. The predicted molar refractivity (Wildman–Crippen MR) is 110 cm³/mol. The van der Waals surface area contributed by atoms with E-state index in [1.54, 1.807) is 17.0 Å². The summed E-state index contributed by atoms with van der Waals surface area (Å²) in [6.45, 7) is 0.514. The fraction of sp³-hybridized carbons (Fsp3) is 0.238. The lowest BCUT2D eigenvalue weighted by Crippen LogP contribution is -2.32. The van der Waals surface area contributed by atoms with Crippen LogP contribution in [-0.4, -0.2) is 41.8 Å². The summed E-state index contributed by atoms with van der Waals surface area (Å²) < 4.78 is 3.13. The third-order valence-electron chi connectivity index (χ3n) is 4.99. The van der Waals surface area contributed by atoms with E-state index < -0.39 is 0 Å². The largest absolute Gasteiger partial charge is 0.349 e. The highest BCUT2D eigenvalue weighted by molar-refractivity contribution is 5.93. The first-order valence-electron chi connectivity index (χ1n) is 9.80. The van der Waals surface area contributed by atoms with Gasteiger partial charge >= 0.3 is 5.69 Å². The van der Waals surface area contributed by atoms with E-state index in [0.717, 1.165) is 23.9 Å². The van der Waals surface area contributed by atoms with Gasteiger partial charge in [0.2, 0.25) is 0 Å². The molecule has 3 aromatic heterocycles. The van der Waals surface area contributed by atoms with Crippen LogP contribution in [0.25, 0.3) is 22.4 Å². The van der Waals surface area contributed by atoms with Gasteiger partial charge in [-0.3, -0.25) is 19.3 Å². The van der Waals surface area contributed by atoms with E-state index >= 15 is 0 Å². The van der Waals surface area contributed by atoms with E-state index in [4.69, 9.17) is 0 Å². The van der Waals surface area contributed by atoms with Crippen molar-refractivity contribution in [1.82, 2.24) is 34.6 Å². The normalized spacial score (nSPS) is 13.5. The van der Waals surface area contributed by atoms with Crippen molar-refractivity contribution < 1.29 is 4.79 Å². The second-order valence-electron chi connectivity index (χ2n) is 7.17. The number of rotatable bonds is 6. The molecule has 150 valence electrons. The Balaban J connectivity index is 1.31. The molecule has 1 amide bonds. The molecule has 0 spiro atoms. The summed E-state index contributed by atoms with van der Waals surface area (Å²) in [5, 5.41) is 7.29. The van der Waals surface area contributed by atoms with Gasteiger partial charge in [0.05, 0.1) is 23.8 Å². The third-order valence-corrected chi connectivity index (χ3v) is 4.99. The minimum absolute atomic E-state index is 0.170. The quantitative estimate of drug-likeness (QED) is 0.528. The molecule has 0 unspecified atom stereocenters. The number of fused-ring (bicyclic) bond motifs is 1. The third kappa shape index (κ3) is 3.45. The van der Waals surface area contributed by atoms with Gasteiger partial charge < -0.3 is 5.32 Å². The number of para-hydroxylation sites is 2. The molecule has 0 bridgehead atoms. The van der Waals surface area contributed by atoms with Crippen molar-refractivity contribution in [2.45, 2.75) is 25.4 Å². The number of pyridine rings is 1. The maximum absolute atomic E-state index is 12.8. The Bertz CT molecular complexity index is 1280. The predicted octanol–water partition coefficient (Wildman–Crippen LogP) is 1.81. The van der Waals surface area contributed by atoms with Gasteiger partial charge in [0, 0.05) is 30.5 Å². The van der Waals surface area contributed by atoms with Gasteiger partial charge in [-0.05, 0) is 37.1 Å². The average Bonchev–Trinajstić information content (AvgIpc) is 3.57. The van der Waals surface area contributed by atoms with Crippen LogP contribution in [0.1, 0.15) is 29.4 Å². The standard InChI is InChI=1S/C21H19N7O2/c29-20(18-13-24-16-5-1-2-6-17(16)25-18)23-10-11-27-21(30)28(15-7-8-15)19(26-27)14-4-3-9-22-12-14/h1-6,9,12-13,15H,7-8,10-11H2,(H,23,29). The van der Waals surface area contributed by atoms with Crippen molar-refractivity contribution in [3.63, 3.8) is 0 Å². The SMILES string of the molecule is O=C(NCCn1nc(-c2cccnc2)n(C2CC2)c1=O)c1cnc2ccccc2n1. The summed E-state index contributed by atoms with van der Waals surface area (Å²) in [5.74, 6) is 0.276. The van der Waals surface area contributed by atoms with Gasteiger partial charge in [0.1, 0.15) is 5.69 Å². The molecule has 9 nitrogen and oxygen atoms in total. The lowest BCUT2D eigenvalue weighted by atomic mass is 10.3. The Labute approximate surface area is 171 Å². The Kier molecular flexibility index (Phi) is 4.55. The second kappa shape index (κ2) is 7.51. The molecule has 3 heterocycles. The number of nitrogens with zero attached hydrogens (tertiary/aromatic N) is 6. The molecule has 0 aliphatic heterocycles. The minimum Gasteiger partial charge on any atom is -0.349 e. The molecular formula is C21H19N7O2. The zero-order valence-electron chi connectivity index (χ0n) is 16.1. The fourth-order valence-electron chi connectivity index (χ4n) is 3.35. The monoisotopic (exact) mass is 401 g/mol. The summed E-state index contributed by atoms with van der Waals surface area (Å²) in [7, 11) is 0. The first-order chi connectivity index (χ1) is 14.7.